The van der Waals surface area contributed by atoms with E-state index in [2.05, 4.69) is 56.0 Å². The molecule has 61 heavy (non-hydrogen) atoms. The average Bonchev–Trinajstić information content (AvgIpc) is 3.94. The van der Waals surface area contributed by atoms with Crippen molar-refractivity contribution >= 4 is 0 Å². The predicted octanol–water partition coefficient (Wildman–Crippen LogP) is 5.48. The number of rotatable bonds is 22. The summed E-state index contributed by atoms with van der Waals surface area (Å²) in [5, 5.41) is 28.5. The van der Waals surface area contributed by atoms with Crippen LogP contribution in [0.5, 0.6) is 5.88 Å². The summed E-state index contributed by atoms with van der Waals surface area (Å²) in [5.41, 5.74) is 1.25. The van der Waals surface area contributed by atoms with E-state index >= 15 is 0 Å². The first-order valence-electron chi connectivity index (χ1n) is 23.3. The highest BCUT2D eigenvalue weighted by Crippen LogP contribution is 2.67. The fourth-order valence-electron chi connectivity index (χ4n) is 12.3. The van der Waals surface area contributed by atoms with Gasteiger partial charge in [0.2, 0.25) is 0 Å². The van der Waals surface area contributed by atoms with E-state index in [1.54, 1.807) is 5.57 Å². The zero-order chi connectivity index (χ0) is 43.1. The van der Waals surface area contributed by atoms with E-state index < -0.39 is 42.3 Å². The van der Waals surface area contributed by atoms with E-state index in [4.69, 9.17) is 28.4 Å². The van der Waals surface area contributed by atoms with Gasteiger partial charge in [0, 0.05) is 12.3 Å². The number of ether oxygens (including phenoxy) is 6. The topological polar surface area (TPSA) is 181 Å². The smallest absolute Gasteiger partial charge is 0.330 e. The Balaban J connectivity index is 0.735. The Kier molecular flexibility index (Phi) is 15.7. The first-order chi connectivity index (χ1) is 29.4. The summed E-state index contributed by atoms with van der Waals surface area (Å²) in [6, 6.07) is 0.250. The van der Waals surface area contributed by atoms with Crippen LogP contribution in [0, 0.1) is 46.3 Å². The van der Waals surface area contributed by atoms with E-state index in [-0.39, 0.29) is 25.2 Å². The number of H-pyrrole nitrogens is 1. The Bertz CT molecular complexity index is 1850. The minimum atomic E-state index is -1.21. The molecule has 15 nitrogen and oxygen atoms in total. The maximum Gasteiger partial charge on any atom is 0.330 e. The van der Waals surface area contributed by atoms with Crippen molar-refractivity contribution in [3.63, 3.8) is 0 Å². The molecule has 0 unspecified atom stereocenters. The molecule has 3 saturated carbocycles. The van der Waals surface area contributed by atoms with Crippen molar-refractivity contribution in [1.29, 1.82) is 0 Å². The van der Waals surface area contributed by atoms with Gasteiger partial charge in [0.1, 0.15) is 24.9 Å². The minimum Gasteiger partial charge on any atom is -0.473 e. The molecule has 0 radical (unpaired) electrons. The molecule has 15 heteroatoms. The number of aromatic nitrogens is 5. The van der Waals surface area contributed by atoms with E-state index in [0.717, 1.165) is 52.9 Å². The number of nitrogens with zero attached hydrogens (tertiary/aromatic N) is 4. The molecular formula is C46H73N5O10. The molecule has 0 bridgehead atoms. The molecule has 5 aliphatic rings. The predicted molar refractivity (Wildman–Crippen MR) is 228 cm³/mol. The summed E-state index contributed by atoms with van der Waals surface area (Å²) >= 11 is 0. The molecule has 2 aromatic heterocycles. The van der Waals surface area contributed by atoms with Gasteiger partial charge in [0.25, 0.3) is 11.4 Å². The monoisotopic (exact) mass is 856 g/mol. The summed E-state index contributed by atoms with van der Waals surface area (Å²) in [7, 11) is 0. The number of aliphatic hydroxyl groups is 2. The second-order valence-electron chi connectivity index (χ2n) is 19.5. The second kappa shape index (κ2) is 20.7. The third-order valence-corrected chi connectivity index (χ3v) is 15.5. The molecule has 12 atom stereocenters. The zero-order valence-electron chi connectivity index (χ0n) is 37.3. The van der Waals surface area contributed by atoms with Crippen LogP contribution in [0.25, 0.3) is 0 Å². The van der Waals surface area contributed by atoms with Crippen molar-refractivity contribution in [1.82, 2.24) is 24.5 Å². The Morgan fingerprint density at radius 1 is 0.934 bits per heavy atom. The SMILES string of the molecule is CC(C)CCC[C@@H](C)[C@H]1CC[C@H]2[C@@H]3CC=C4C[C@@H](OCCOCCOCCOCCOc5cn([C@@H]6[C@H](O)[C@@H](CO)O[C@H]6n6ccc(=O)[nH]c6=O)nn5)CC[C@]4(C)[C@H]3CC[C@]12C. The first kappa shape index (κ1) is 46.1. The van der Waals surface area contributed by atoms with Gasteiger partial charge in [0.05, 0.1) is 65.2 Å². The molecule has 3 N–H and O–H groups in total. The number of nitrogens with one attached hydrogen (secondary N) is 1. The van der Waals surface area contributed by atoms with Gasteiger partial charge in [-0.3, -0.25) is 14.3 Å². The highest BCUT2D eigenvalue weighted by Gasteiger charge is 2.59. The van der Waals surface area contributed by atoms with Gasteiger partial charge in [-0.05, 0) is 97.7 Å². The molecule has 4 aliphatic carbocycles. The molecule has 0 aromatic carbocycles. The van der Waals surface area contributed by atoms with Gasteiger partial charge in [-0.1, -0.05) is 75.8 Å². The van der Waals surface area contributed by atoms with E-state index in [0.29, 0.717) is 50.5 Å². The van der Waals surface area contributed by atoms with Crippen LogP contribution in [0.4, 0.5) is 0 Å². The van der Waals surface area contributed by atoms with E-state index in [9.17, 15) is 19.8 Å². The summed E-state index contributed by atoms with van der Waals surface area (Å²) in [5.74, 6) is 5.33. The number of allylic oxidation sites excluding steroid dienone is 1. The van der Waals surface area contributed by atoms with Crippen LogP contribution in [0.3, 0.4) is 0 Å². The quantitative estimate of drug-likeness (QED) is 0.101. The lowest BCUT2D eigenvalue weighted by Crippen LogP contribution is -2.51. The summed E-state index contributed by atoms with van der Waals surface area (Å²) < 4.78 is 37.3. The molecule has 342 valence electrons. The minimum absolute atomic E-state index is 0.181. The Morgan fingerprint density at radius 2 is 1.67 bits per heavy atom. The number of aliphatic hydroxyl groups excluding tert-OH is 2. The third-order valence-electron chi connectivity index (χ3n) is 15.5. The van der Waals surface area contributed by atoms with Crippen molar-refractivity contribution < 1.29 is 38.6 Å². The van der Waals surface area contributed by atoms with Gasteiger partial charge in [0.15, 0.2) is 6.23 Å². The summed E-state index contributed by atoms with van der Waals surface area (Å²) in [6.07, 6.45) is 17.0. The van der Waals surface area contributed by atoms with Crippen LogP contribution >= 0.6 is 0 Å². The molecule has 1 aliphatic heterocycles. The van der Waals surface area contributed by atoms with Crippen LogP contribution in [0.2, 0.25) is 0 Å². The molecule has 2 aromatic rings. The van der Waals surface area contributed by atoms with Crippen molar-refractivity contribution in [2.24, 2.45) is 46.3 Å². The maximum atomic E-state index is 12.4. The number of hydrogen-bond donors (Lipinski definition) is 3. The lowest BCUT2D eigenvalue weighted by atomic mass is 9.47. The van der Waals surface area contributed by atoms with Crippen molar-refractivity contribution in [3.8, 4) is 5.88 Å². The van der Waals surface area contributed by atoms with Gasteiger partial charge < -0.3 is 38.6 Å². The van der Waals surface area contributed by atoms with Crippen LogP contribution in [0.1, 0.15) is 118 Å². The van der Waals surface area contributed by atoms with Crippen molar-refractivity contribution in [3.05, 3.63) is 50.9 Å². The molecule has 0 spiro atoms. The normalized spacial score (nSPS) is 33.9. The highest BCUT2D eigenvalue weighted by atomic mass is 16.6. The first-order valence-corrected chi connectivity index (χ1v) is 23.3. The lowest BCUT2D eigenvalue weighted by molar-refractivity contribution is -0.0691. The van der Waals surface area contributed by atoms with Crippen molar-refractivity contribution in [2.45, 2.75) is 136 Å². The fourth-order valence-corrected chi connectivity index (χ4v) is 12.3. The maximum absolute atomic E-state index is 12.4. The standard InChI is InChI=1S/C46H73N5O10/c1-30(2)7-6-8-31(3)35-11-12-36-34-10-9-32-27-33(13-16-45(32,4)37(34)14-17-46(35,36)5)59-25-23-57-21-19-56-20-22-58-24-26-60-40-28-51(49-48-40)41-42(54)38(29-52)61-43(41)50-18-15-39(53)47-44(50)55/h9,15,18,28,30-31,33-38,41-43,52,54H,6-8,10-14,16-17,19-27,29H2,1-5H3,(H,47,53,55)/t31-,33+,34+,35-,36+,37+,38-,41-,42-,43-,45+,46-/m1/s1. The summed E-state index contributed by atoms with van der Waals surface area (Å²) in [6.45, 7) is 15.5. The molecule has 3 heterocycles. The lowest BCUT2D eigenvalue weighted by Gasteiger charge is -2.58. The number of fused-ring (bicyclic) bond motifs is 5. The van der Waals surface area contributed by atoms with Crippen LogP contribution in [-0.2, 0) is 23.7 Å². The van der Waals surface area contributed by atoms with Crippen molar-refractivity contribution in [2.75, 3.05) is 59.5 Å². The van der Waals surface area contributed by atoms with Crippen LogP contribution in [0.15, 0.2) is 39.7 Å². The van der Waals surface area contributed by atoms with Gasteiger partial charge in [-0.25, -0.2) is 9.48 Å². The van der Waals surface area contributed by atoms with Crippen LogP contribution < -0.4 is 16.0 Å². The van der Waals surface area contributed by atoms with E-state index in [1.807, 2.05) is 0 Å². The Labute approximate surface area is 360 Å². The molecule has 0 amide bonds. The zero-order valence-corrected chi connectivity index (χ0v) is 37.3. The fraction of sp³-hybridized carbons (Fsp3) is 0.826. The second-order valence-corrected chi connectivity index (χ2v) is 19.5. The van der Waals surface area contributed by atoms with Crippen LogP contribution in [-0.4, -0.2) is 113 Å². The molecule has 4 fully saturated rings. The number of hydrogen-bond acceptors (Lipinski definition) is 12. The Morgan fingerprint density at radius 3 is 2.39 bits per heavy atom. The molecule has 1 saturated heterocycles. The number of aromatic amines is 1. The average molecular weight is 856 g/mol. The largest absolute Gasteiger partial charge is 0.473 e. The Hall–Kier alpha value is -2.92. The van der Waals surface area contributed by atoms with Gasteiger partial charge in [-0.15, -0.1) is 0 Å². The van der Waals surface area contributed by atoms with Gasteiger partial charge >= 0.3 is 5.69 Å². The highest BCUT2D eigenvalue weighted by molar-refractivity contribution is 5.25. The molecular weight excluding hydrogens is 783 g/mol. The third kappa shape index (κ3) is 10.4. The summed E-state index contributed by atoms with van der Waals surface area (Å²) in [4.78, 5) is 26.1. The van der Waals surface area contributed by atoms with E-state index in [1.165, 1.54) is 80.9 Å². The molecule has 7 rings (SSSR count). The van der Waals surface area contributed by atoms with Gasteiger partial charge in [-0.2, -0.15) is 0 Å².